The molecule has 1 aliphatic heterocycles. The number of rotatable bonds is 4. The van der Waals surface area contributed by atoms with E-state index in [1.807, 2.05) is 42.2 Å². The highest BCUT2D eigenvalue weighted by Crippen LogP contribution is 2.27. The van der Waals surface area contributed by atoms with Crippen molar-refractivity contribution in [3.8, 4) is 17.0 Å². The van der Waals surface area contributed by atoms with Crippen LogP contribution in [0.5, 0.6) is 5.75 Å². The Morgan fingerprint density at radius 3 is 2.53 bits per heavy atom. The lowest BCUT2D eigenvalue weighted by molar-refractivity contribution is 0.156. The smallest absolute Gasteiger partial charge is 0.319 e. The van der Waals surface area contributed by atoms with Crippen LogP contribution in [0.4, 0.5) is 4.79 Å². The molecule has 0 saturated carbocycles. The van der Waals surface area contributed by atoms with Gasteiger partial charge in [0.15, 0.2) is 5.65 Å². The van der Waals surface area contributed by atoms with Crippen LogP contribution in [0.1, 0.15) is 31.4 Å². The van der Waals surface area contributed by atoms with Crippen LogP contribution in [0.3, 0.4) is 0 Å². The summed E-state index contributed by atoms with van der Waals surface area (Å²) in [5.41, 5.74) is 3.06. The van der Waals surface area contributed by atoms with E-state index in [1.165, 1.54) is 4.52 Å². The van der Waals surface area contributed by atoms with E-state index >= 15 is 0 Å². The van der Waals surface area contributed by atoms with Crippen molar-refractivity contribution in [1.82, 2.24) is 24.4 Å². The van der Waals surface area contributed by atoms with Gasteiger partial charge in [0.25, 0.3) is 5.56 Å². The first-order valence-corrected chi connectivity index (χ1v) is 10.3. The van der Waals surface area contributed by atoms with Crippen molar-refractivity contribution in [2.24, 2.45) is 0 Å². The SMILES string of the molecule is CCOc1ccc(-c2cc3nc(C4CCN(C(=O)N(C)C)CC4)cc(=O)n3[nH]2)cc1. The lowest BCUT2D eigenvalue weighted by atomic mass is 9.93. The highest BCUT2D eigenvalue weighted by Gasteiger charge is 2.26. The number of ether oxygens (including phenoxy) is 1. The number of carbonyl (C=O) groups excluding carboxylic acids is 1. The fourth-order valence-corrected chi connectivity index (χ4v) is 3.91. The molecule has 0 aliphatic carbocycles. The fourth-order valence-electron chi connectivity index (χ4n) is 3.91. The van der Waals surface area contributed by atoms with Gasteiger partial charge in [-0.2, -0.15) is 0 Å². The largest absolute Gasteiger partial charge is 0.494 e. The number of benzene rings is 1. The first kappa shape index (κ1) is 20.0. The van der Waals surface area contributed by atoms with Crippen LogP contribution < -0.4 is 10.3 Å². The second-order valence-corrected chi connectivity index (χ2v) is 7.78. The third kappa shape index (κ3) is 3.90. The lowest BCUT2D eigenvalue weighted by Crippen LogP contribution is -2.43. The van der Waals surface area contributed by atoms with Crippen LogP contribution in [0, 0.1) is 0 Å². The molecule has 0 bridgehead atoms. The predicted molar refractivity (Wildman–Crippen MR) is 115 cm³/mol. The first-order chi connectivity index (χ1) is 14.5. The maximum atomic E-state index is 12.7. The lowest BCUT2D eigenvalue weighted by Gasteiger charge is -2.33. The number of amides is 2. The summed E-state index contributed by atoms with van der Waals surface area (Å²) in [6.45, 7) is 3.92. The number of nitrogens with zero attached hydrogens (tertiary/aromatic N) is 4. The minimum absolute atomic E-state index is 0.0302. The third-order valence-electron chi connectivity index (χ3n) is 5.51. The Bertz CT molecular complexity index is 1090. The van der Waals surface area contributed by atoms with Crippen molar-refractivity contribution in [2.45, 2.75) is 25.7 Å². The summed E-state index contributed by atoms with van der Waals surface area (Å²) >= 11 is 0. The average molecular weight is 409 g/mol. The van der Waals surface area contributed by atoms with Crippen LogP contribution >= 0.6 is 0 Å². The Hall–Kier alpha value is -3.29. The number of carbonyl (C=O) groups is 1. The molecule has 30 heavy (non-hydrogen) atoms. The molecule has 3 aromatic rings. The zero-order valence-corrected chi connectivity index (χ0v) is 17.6. The van der Waals surface area contributed by atoms with Crippen LogP contribution in [-0.2, 0) is 0 Å². The second kappa shape index (κ2) is 8.22. The van der Waals surface area contributed by atoms with Gasteiger partial charge in [0.2, 0.25) is 0 Å². The number of H-pyrrole nitrogens is 1. The van der Waals surface area contributed by atoms with Gasteiger partial charge in [0, 0.05) is 45.2 Å². The van der Waals surface area contributed by atoms with E-state index in [0.717, 1.165) is 35.5 Å². The summed E-state index contributed by atoms with van der Waals surface area (Å²) < 4.78 is 6.96. The molecule has 1 N–H and O–H groups in total. The standard InChI is InChI=1S/C22H27N5O3/c1-4-30-17-7-5-15(6-8-17)19-13-20-23-18(14-21(28)27(20)24-19)16-9-11-26(12-10-16)22(29)25(2)3/h5-8,13-14,16,24H,4,9-12H2,1-3H3. The highest BCUT2D eigenvalue weighted by atomic mass is 16.5. The number of aromatic amines is 1. The van der Waals surface area contributed by atoms with Gasteiger partial charge in [0.05, 0.1) is 18.0 Å². The van der Waals surface area contributed by atoms with E-state index in [2.05, 4.69) is 5.10 Å². The quantitative estimate of drug-likeness (QED) is 0.718. The van der Waals surface area contributed by atoms with Gasteiger partial charge in [-0.15, -0.1) is 0 Å². The number of likely N-dealkylation sites (tertiary alicyclic amines) is 1. The third-order valence-corrected chi connectivity index (χ3v) is 5.51. The molecule has 2 amide bonds. The number of nitrogens with one attached hydrogen (secondary N) is 1. The van der Waals surface area contributed by atoms with E-state index in [9.17, 15) is 9.59 Å². The van der Waals surface area contributed by atoms with E-state index in [0.29, 0.717) is 25.3 Å². The van der Waals surface area contributed by atoms with Crippen LogP contribution in [0.15, 0.2) is 41.2 Å². The Morgan fingerprint density at radius 1 is 1.20 bits per heavy atom. The van der Waals surface area contributed by atoms with Crippen LogP contribution in [0.2, 0.25) is 0 Å². The van der Waals surface area contributed by atoms with E-state index in [4.69, 9.17) is 9.72 Å². The van der Waals surface area contributed by atoms with Gasteiger partial charge in [0.1, 0.15) is 5.75 Å². The molecule has 3 heterocycles. The Kier molecular flexibility index (Phi) is 5.48. The normalized spacial score (nSPS) is 14.8. The summed E-state index contributed by atoms with van der Waals surface area (Å²) in [5.74, 6) is 0.992. The van der Waals surface area contributed by atoms with Crippen LogP contribution in [-0.4, -0.2) is 64.2 Å². The van der Waals surface area contributed by atoms with Gasteiger partial charge in [-0.05, 0) is 49.6 Å². The Morgan fingerprint density at radius 2 is 1.90 bits per heavy atom. The molecule has 0 spiro atoms. The van der Waals surface area contributed by atoms with Crippen molar-refractivity contribution >= 4 is 11.7 Å². The molecule has 1 aliphatic rings. The van der Waals surface area contributed by atoms with Gasteiger partial charge in [-0.1, -0.05) is 0 Å². The van der Waals surface area contributed by atoms with Gasteiger partial charge in [-0.3, -0.25) is 9.89 Å². The number of fused-ring (bicyclic) bond motifs is 1. The average Bonchev–Trinajstić information content (AvgIpc) is 3.19. The Labute approximate surface area is 175 Å². The topological polar surface area (TPSA) is 82.9 Å². The van der Waals surface area contributed by atoms with Crippen molar-refractivity contribution in [3.05, 3.63) is 52.4 Å². The van der Waals surface area contributed by atoms with Gasteiger partial charge in [-0.25, -0.2) is 14.3 Å². The number of piperidine rings is 1. The van der Waals surface area contributed by atoms with Crippen molar-refractivity contribution in [3.63, 3.8) is 0 Å². The van der Waals surface area contributed by atoms with E-state index in [1.54, 1.807) is 25.1 Å². The van der Waals surface area contributed by atoms with Crippen molar-refractivity contribution < 1.29 is 9.53 Å². The van der Waals surface area contributed by atoms with Crippen molar-refractivity contribution in [1.29, 1.82) is 0 Å². The maximum Gasteiger partial charge on any atom is 0.319 e. The minimum Gasteiger partial charge on any atom is -0.494 e. The summed E-state index contributed by atoms with van der Waals surface area (Å²) in [7, 11) is 3.53. The fraction of sp³-hybridized carbons (Fsp3) is 0.409. The highest BCUT2D eigenvalue weighted by molar-refractivity contribution is 5.73. The predicted octanol–water partition coefficient (Wildman–Crippen LogP) is 2.95. The number of hydrogen-bond acceptors (Lipinski definition) is 4. The summed E-state index contributed by atoms with van der Waals surface area (Å²) in [5, 5.41) is 3.14. The zero-order chi connectivity index (χ0) is 21.3. The molecule has 0 unspecified atom stereocenters. The Balaban J connectivity index is 1.56. The monoisotopic (exact) mass is 409 g/mol. The van der Waals surface area contributed by atoms with Crippen LogP contribution in [0.25, 0.3) is 16.9 Å². The number of hydrogen-bond donors (Lipinski definition) is 1. The molecule has 2 aromatic heterocycles. The van der Waals surface area contributed by atoms with E-state index < -0.39 is 0 Å². The molecule has 0 atom stereocenters. The minimum atomic E-state index is -0.126. The molecule has 4 rings (SSSR count). The molecule has 8 nitrogen and oxygen atoms in total. The summed E-state index contributed by atoms with van der Waals surface area (Å²) in [6.07, 6.45) is 1.61. The summed E-state index contributed by atoms with van der Waals surface area (Å²) in [4.78, 5) is 33.0. The number of aromatic nitrogens is 3. The molecule has 0 radical (unpaired) electrons. The second-order valence-electron chi connectivity index (χ2n) is 7.78. The molecule has 1 saturated heterocycles. The van der Waals surface area contributed by atoms with E-state index in [-0.39, 0.29) is 17.5 Å². The maximum absolute atomic E-state index is 12.7. The molecular weight excluding hydrogens is 382 g/mol. The number of urea groups is 1. The molecule has 1 aromatic carbocycles. The first-order valence-electron chi connectivity index (χ1n) is 10.3. The molecule has 158 valence electrons. The van der Waals surface area contributed by atoms with Gasteiger partial charge < -0.3 is 14.5 Å². The molecular formula is C22H27N5O3. The zero-order valence-electron chi connectivity index (χ0n) is 17.6. The van der Waals surface area contributed by atoms with Crippen molar-refractivity contribution in [2.75, 3.05) is 33.8 Å². The molecule has 1 fully saturated rings. The summed E-state index contributed by atoms with van der Waals surface area (Å²) in [6, 6.07) is 11.3. The van der Waals surface area contributed by atoms with Gasteiger partial charge >= 0.3 is 6.03 Å². The molecule has 8 heteroatoms.